The van der Waals surface area contributed by atoms with E-state index < -0.39 is 60.7 Å². The molecule has 5 rings (SSSR count). The standard InChI is InChI=1S/C27H23ClF3N3O6S/c1-15(27(29,30)31)32-13-34(33-11-10-19(35)24(23(33)25(32)36)39-14-40-26(37)38-2)22-17-7-3-4-9-20(17)41-12-16-6-5-8-18(28)21(16)22/h3-11,15,22H,12-14H2,1-2H3/t15-,22-/m1/s1. The molecule has 0 radical (unpaired) electrons. The molecule has 2 aliphatic heterocycles. The predicted octanol–water partition coefficient (Wildman–Crippen LogP) is 5.32. The lowest BCUT2D eigenvalue weighted by Crippen LogP contribution is -2.60. The second-order valence-electron chi connectivity index (χ2n) is 9.18. The Morgan fingerprint density at radius 2 is 1.90 bits per heavy atom. The molecule has 0 fully saturated rings. The van der Waals surface area contributed by atoms with Crippen LogP contribution in [0, 0.1) is 0 Å². The highest BCUT2D eigenvalue weighted by Gasteiger charge is 2.48. The van der Waals surface area contributed by atoms with Crippen LogP contribution in [0.4, 0.5) is 18.0 Å². The van der Waals surface area contributed by atoms with Crippen LogP contribution in [-0.4, -0.2) is 54.4 Å². The number of thioether (sulfide) groups is 1. The SMILES string of the molecule is COC(=O)OCOc1c2n(ccc1=O)N([C@@H]1c3ccccc3SCc3cccc(Cl)c31)CN([C@H](C)C(F)(F)F)C2=O. The van der Waals surface area contributed by atoms with E-state index in [4.69, 9.17) is 21.1 Å². The van der Waals surface area contributed by atoms with Gasteiger partial charge in [0.25, 0.3) is 5.91 Å². The number of hydrogen-bond donors (Lipinski definition) is 0. The number of rotatable bonds is 5. The van der Waals surface area contributed by atoms with Crippen molar-refractivity contribution in [2.45, 2.75) is 35.8 Å². The number of carbonyl (C=O) groups excluding carboxylic acids is 2. The van der Waals surface area contributed by atoms with Crippen LogP contribution in [0.2, 0.25) is 5.02 Å². The number of halogens is 4. The minimum Gasteiger partial charge on any atom is -0.451 e. The Balaban J connectivity index is 1.74. The van der Waals surface area contributed by atoms with Gasteiger partial charge in [0, 0.05) is 33.5 Å². The van der Waals surface area contributed by atoms with Crippen LogP contribution >= 0.6 is 23.4 Å². The van der Waals surface area contributed by atoms with Gasteiger partial charge in [-0.05, 0) is 30.2 Å². The smallest absolute Gasteiger partial charge is 0.451 e. The van der Waals surface area contributed by atoms with Crippen molar-refractivity contribution in [2.75, 3.05) is 25.6 Å². The zero-order valence-electron chi connectivity index (χ0n) is 21.7. The molecule has 3 heterocycles. The van der Waals surface area contributed by atoms with E-state index in [1.807, 2.05) is 30.3 Å². The number of hydrogen-bond acceptors (Lipinski definition) is 8. The van der Waals surface area contributed by atoms with Crippen LogP contribution in [0.1, 0.15) is 40.1 Å². The van der Waals surface area contributed by atoms with E-state index in [0.29, 0.717) is 21.2 Å². The van der Waals surface area contributed by atoms with Crippen molar-refractivity contribution >= 4 is 35.4 Å². The third-order valence-corrected chi connectivity index (χ3v) is 8.34. The molecule has 2 atom stereocenters. The van der Waals surface area contributed by atoms with Gasteiger partial charge >= 0.3 is 12.3 Å². The fourth-order valence-corrected chi connectivity index (χ4v) is 6.21. The number of aromatic nitrogens is 1. The highest BCUT2D eigenvalue weighted by molar-refractivity contribution is 7.98. The van der Waals surface area contributed by atoms with Crippen molar-refractivity contribution < 1.29 is 37.0 Å². The van der Waals surface area contributed by atoms with Crippen molar-refractivity contribution in [2.24, 2.45) is 0 Å². The average Bonchev–Trinajstić information content (AvgIpc) is 3.11. The van der Waals surface area contributed by atoms with E-state index in [2.05, 4.69) is 4.74 Å². The monoisotopic (exact) mass is 609 g/mol. The summed E-state index contributed by atoms with van der Waals surface area (Å²) in [5.74, 6) is -1.12. The molecule has 2 aromatic carbocycles. The molecule has 1 aromatic heterocycles. The maximum atomic E-state index is 14.1. The van der Waals surface area contributed by atoms with E-state index in [9.17, 15) is 27.6 Å². The average molecular weight is 610 g/mol. The number of pyridine rings is 1. The van der Waals surface area contributed by atoms with Crippen molar-refractivity contribution in [1.29, 1.82) is 0 Å². The highest BCUT2D eigenvalue weighted by atomic mass is 35.5. The maximum Gasteiger partial charge on any atom is 0.510 e. The van der Waals surface area contributed by atoms with Crippen LogP contribution in [0.5, 0.6) is 5.75 Å². The number of alkyl halides is 3. The van der Waals surface area contributed by atoms with Crippen LogP contribution in [0.25, 0.3) is 0 Å². The van der Waals surface area contributed by atoms with Gasteiger partial charge in [-0.3, -0.25) is 19.3 Å². The summed E-state index contributed by atoms with van der Waals surface area (Å²) < 4.78 is 57.9. The molecule has 0 saturated heterocycles. The Bertz CT molecular complexity index is 1570. The van der Waals surface area contributed by atoms with Crippen LogP contribution in [0.3, 0.4) is 0 Å². The number of nitrogens with zero attached hydrogens (tertiary/aromatic N) is 3. The molecule has 9 nitrogen and oxygen atoms in total. The number of fused-ring (bicyclic) bond motifs is 3. The maximum absolute atomic E-state index is 14.1. The van der Waals surface area contributed by atoms with Crippen molar-refractivity contribution in [3.8, 4) is 5.75 Å². The van der Waals surface area contributed by atoms with Gasteiger partial charge in [-0.25, -0.2) is 4.79 Å². The summed E-state index contributed by atoms with van der Waals surface area (Å²) >= 11 is 8.30. The van der Waals surface area contributed by atoms with Crippen LogP contribution in [-0.2, 0) is 15.2 Å². The van der Waals surface area contributed by atoms with Gasteiger partial charge in [0.1, 0.15) is 18.8 Å². The predicted molar refractivity (Wildman–Crippen MR) is 144 cm³/mol. The largest absolute Gasteiger partial charge is 0.510 e. The van der Waals surface area contributed by atoms with E-state index in [0.717, 1.165) is 36.1 Å². The molecule has 1 amide bonds. The molecule has 0 aliphatic carbocycles. The van der Waals surface area contributed by atoms with E-state index in [1.54, 1.807) is 28.9 Å². The number of amides is 1. The molecule has 2 aliphatic rings. The number of methoxy groups -OCH3 is 1. The zero-order valence-corrected chi connectivity index (χ0v) is 23.3. The fourth-order valence-electron chi connectivity index (χ4n) is 4.83. The summed E-state index contributed by atoms with van der Waals surface area (Å²) in [6.07, 6.45) is -4.59. The molecule has 0 N–H and O–H groups in total. The minimum absolute atomic E-state index is 0.391. The van der Waals surface area contributed by atoms with Crippen molar-refractivity contribution in [3.05, 3.63) is 92.4 Å². The summed E-state index contributed by atoms with van der Waals surface area (Å²) in [7, 11) is 1.06. The second kappa shape index (κ2) is 11.2. The second-order valence-corrected chi connectivity index (χ2v) is 10.6. The van der Waals surface area contributed by atoms with Gasteiger partial charge in [0.2, 0.25) is 18.0 Å². The van der Waals surface area contributed by atoms with Crippen molar-refractivity contribution in [1.82, 2.24) is 9.58 Å². The summed E-state index contributed by atoms with van der Waals surface area (Å²) in [6, 6.07) is 10.9. The van der Waals surface area contributed by atoms with E-state index >= 15 is 0 Å². The Morgan fingerprint density at radius 1 is 1.15 bits per heavy atom. The third-order valence-electron chi connectivity index (χ3n) is 6.87. The summed E-state index contributed by atoms with van der Waals surface area (Å²) in [6.45, 7) is -0.452. The Labute approximate surface area is 241 Å². The summed E-state index contributed by atoms with van der Waals surface area (Å²) in [5.41, 5.74) is 1.01. The Morgan fingerprint density at radius 3 is 2.63 bits per heavy atom. The van der Waals surface area contributed by atoms with Crippen molar-refractivity contribution in [3.63, 3.8) is 0 Å². The normalized spacial score (nSPS) is 17.1. The number of carbonyl (C=O) groups is 2. The molecule has 0 bridgehead atoms. The number of ether oxygens (including phenoxy) is 3. The van der Waals surface area contributed by atoms with Gasteiger partial charge in [-0.1, -0.05) is 41.9 Å². The first-order chi connectivity index (χ1) is 19.5. The zero-order chi connectivity index (χ0) is 29.5. The molecule has 0 saturated carbocycles. The quantitative estimate of drug-likeness (QED) is 0.284. The molecule has 216 valence electrons. The molecule has 3 aromatic rings. The summed E-state index contributed by atoms with van der Waals surface area (Å²) in [5, 5.41) is 1.93. The molecule has 14 heteroatoms. The molecular formula is C27H23ClF3N3O6S. The molecule has 0 unspecified atom stereocenters. The molecule has 41 heavy (non-hydrogen) atoms. The number of benzene rings is 2. The Hall–Kier alpha value is -3.84. The first-order valence-corrected chi connectivity index (χ1v) is 13.6. The molecule has 0 spiro atoms. The lowest BCUT2D eigenvalue weighted by Gasteiger charge is -2.46. The fraction of sp³-hybridized carbons (Fsp3) is 0.296. The van der Waals surface area contributed by atoms with Gasteiger partial charge in [0.15, 0.2) is 5.69 Å². The van der Waals surface area contributed by atoms with Gasteiger partial charge < -0.3 is 19.1 Å². The Kier molecular flexibility index (Phi) is 7.84. The minimum atomic E-state index is -4.78. The molecular weight excluding hydrogens is 587 g/mol. The summed E-state index contributed by atoms with van der Waals surface area (Å²) in [4.78, 5) is 39.5. The van der Waals surface area contributed by atoms with Gasteiger partial charge in [-0.15, -0.1) is 11.8 Å². The first-order valence-electron chi connectivity index (χ1n) is 12.3. The van der Waals surface area contributed by atoms with Gasteiger partial charge in [0.05, 0.1) is 7.11 Å². The lowest BCUT2D eigenvalue weighted by atomic mass is 9.94. The van der Waals surface area contributed by atoms with Crippen LogP contribution < -0.4 is 15.2 Å². The van der Waals surface area contributed by atoms with Gasteiger partial charge in [-0.2, -0.15) is 13.2 Å². The lowest BCUT2D eigenvalue weighted by molar-refractivity contribution is -0.173. The highest BCUT2D eigenvalue weighted by Crippen LogP contribution is 2.45. The van der Waals surface area contributed by atoms with E-state index in [1.165, 1.54) is 10.9 Å². The first kappa shape index (κ1) is 28.7. The van der Waals surface area contributed by atoms with E-state index in [-0.39, 0.29) is 0 Å². The topological polar surface area (TPSA) is 90.3 Å². The van der Waals surface area contributed by atoms with Crippen LogP contribution in [0.15, 0.2) is 64.4 Å². The third kappa shape index (κ3) is 5.31.